The fourth-order valence-corrected chi connectivity index (χ4v) is 2.45. The number of halogens is 1. The van der Waals surface area contributed by atoms with E-state index < -0.39 is 4.92 Å². The fraction of sp³-hybridized carbons (Fsp3) is 0.312. The summed E-state index contributed by atoms with van der Waals surface area (Å²) in [6.07, 6.45) is 1.37. The molecule has 0 saturated heterocycles. The molecule has 26 heavy (non-hydrogen) atoms. The van der Waals surface area contributed by atoms with Gasteiger partial charge < -0.3 is 24.9 Å². The summed E-state index contributed by atoms with van der Waals surface area (Å²) in [6, 6.07) is 6.80. The molecule has 2 aromatic rings. The van der Waals surface area contributed by atoms with Gasteiger partial charge in [-0.3, -0.25) is 9.59 Å². The fourth-order valence-electron chi connectivity index (χ4n) is 2.27. The minimum atomic E-state index is -0.587. The summed E-state index contributed by atoms with van der Waals surface area (Å²) < 4.78 is 1.54. The second-order valence-electron chi connectivity index (χ2n) is 5.62. The van der Waals surface area contributed by atoms with Gasteiger partial charge in [-0.15, -0.1) is 0 Å². The van der Waals surface area contributed by atoms with Crippen LogP contribution in [0, 0.1) is 17.0 Å². The molecule has 1 heterocycles. The summed E-state index contributed by atoms with van der Waals surface area (Å²) in [5.41, 5.74) is 0.473. The first-order valence-corrected chi connectivity index (χ1v) is 8.12. The van der Waals surface area contributed by atoms with Crippen LogP contribution in [0.4, 0.5) is 11.5 Å². The molecule has 0 aliphatic heterocycles. The van der Waals surface area contributed by atoms with Crippen molar-refractivity contribution >= 4 is 34.9 Å². The van der Waals surface area contributed by atoms with E-state index in [2.05, 4.69) is 10.3 Å². The monoisotopic (exact) mass is 379 g/mol. The number of carbonyl (C=O) groups is 2. The maximum absolute atomic E-state index is 12.2. The van der Waals surface area contributed by atoms with E-state index in [9.17, 15) is 19.7 Å². The van der Waals surface area contributed by atoms with E-state index in [1.807, 2.05) is 0 Å². The Hall–Kier alpha value is -2.94. The van der Waals surface area contributed by atoms with Crippen molar-refractivity contribution in [3.8, 4) is 0 Å². The van der Waals surface area contributed by atoms with Crippen molar-refractivity contribution in [2.45, 2.75) is 19.9 Å². The van der Waals surface area contributed by atoms with Gasteiger partial charge in [0, 0.05) is 26.9 Å². The molecular formula is C16H18ClN5O4. The molecule has 10 heteroatoms. The van der Waals surface area contributed by atoms with Gasteiger partial charge in [0.2, 0.25) is 17.6 Å². The van der Waals surface area contributed by atoms with Crippen LogP contribution in [0.25, 0.3) is 0 Å². The molecule has 1 N–H and O–H groups in total. The lowest BCUT2D eigenvalue weighted by Crippen LogP contribution is -2.35. The zero-order valence-electron chi connectivity index (χ0n) is 14.3. The van der Waals surface area contributed by atoms with Crippen LogP contribution in [-0.2, 0) is 16.1 Å². The van der Waals surface area contributed by atoms with E-state index in [4.69, 9.17) is 11.6 Å². The summed E-state index contributed by atoms with van der Waals surface area (Å²) in [5.74, 6) is -0.454. The SMILES string of the molecule is Cc1nc([N+](=O)[O-])cn1CCC(=O)N(C)CC(=O)Nc1ccccc1Cl. The quantitative estimate of drug-likeness (QED) is 0.585. The molecule has 0 unspecified atom stereocenters. The largest absolute Gasteiger partial charge is 0.381 e. The van der Waals surface area contributed by atoms with E-state index in [0.29, 0.717) is 16.5 Å². The van der Waals surface area contributed by atoms with Crippen LogP contribution < -0.4 is 5.32 Å². The van der Waals surface area contributed by atoms with E-state index >= 15 is 0 Å². The molecule has 138 valence electrons. The van der Waals surface area contributed by atoms with Gasteiger partial charge in [-0.2, -0.15) is 0 Å². The molecule has 0 spiro atoms. The molecule has 0 radical (unpaired) electrons. The number of carbonyl (C=O) groups excluding carboxylic acids is 2. The maximum Gasteiger partial charge on any atom is 0.381 e. The van der Waals surface area contributed by atoms with Crippen molar-refractivity contribution in [3.05, 3.63) is 51.4 Å². The number of likely N-dealkylation sites (N-methyl/N-ethyl adjacent to an activating group) is 1. The predicted octanol–water partition coefficient (Wildman–Crippen LogP) is 2.24. The second kappa shape index (κ2) is 8.43. The minimum absolute atomic E-state index is 0.0875. The number of nitrogens with zero attached hydrogens (tertiary/aromatic N) is 4. The number of anilines is 1. The Morgan fingerprint density at radius 2 is 2.08 bits per heavy atom. The Kier molecular flexibility index (Phi) is 6.29. The number of hydrogen-bond acceptors (Lipinski definition) is 5. The second-order valence-corrected chi connectivity index (χ2v) is 6.03. The number of nitro groups is 1. The average molecular weight is 380 g/mol. The number of imidazole rings is 1. The molecule has 0 saturated carbocycles. The van der Waals surface area contributed by atoms with Crippen LogP contribution in [0.1, 0.15) is 12.2 Å². The summed E-state index contributed by atoms with van der Waals surface area (Å²) in [4.78, 5) is 39.4. The third-order valence-electron chi connectivity index (χ3n) is 3.67. The minimum Gasteiger partial charge on any atom is -0.358 e. The van der Waals surface area contributed by atoms with Crippen molar-refractivity contribution in [1.29, 1.82) is 0 Å². The molecule has 1 aromatic heterocycles. The summed E-state index contributed by atoms with van der Waals surface area (Å²) >= 11 is 5.97. The Morgan fingerprint density at radius 1 is 1.38 bits per heavy atom. The van der Waals surface area contributed by atoms with Crippen molar-refractivity contribution in [2.24, 2.45) is 0 Å². The van der Waals surface area contributed by atoms with Gasteiger partial charge in [-0.05, 0) is 22.0 Å². The molecule has 0 aliphatic rings. The smallest absolute Gasteiger partial charge is 0.358 e. The number of para-hydroxylation sites is 1. The van der Waals surface area contributed by atoms with Gasteiger partial charge in [0.15, 0.2) is 0 Å². The first kappa shape index (κ1) is 19.4. The van der Waals surface area contributed by atoms with Gasteiger partial charge in [-0.1, -0.05) is 23.7 Å². The first-order chi connectivity index (χ1) is 12.3. The molecule has 0 bridgehead atoms. The van der Waals surface area contributed by atoms with Crippen molar-refractivity contribution in [3.63, 3.8) is 0 Å². The van der Waals surface area contributed by atoms with E-state index in [-0.39, 0.29) is 37.1 Å². The molecule has 9 nitrogen and oxygen atoms in total. The standard InChI is InChI=1S/C16H18ClN5O4/c1-11-18-14(22(25)26)9-21(11)8-7-16(24)20(2)10-15(23)19-13-6-4-3-5-12(13)17/h3-6,9H,7-8,10H2,1-2H3,(H,19,23). The third kappa shape index (κ3) is 5.03. The van der Waals surface area contributed by atoms with Crippen LogP contribution in [0.5, 0.6) is 0 Å². The van der Waals surface area contributed by atoms with Gasteiger partial charge in [0.1, 0.15) is 6.20 Å². The van der Waals surface area contributed by atoms with E-state index in [0.717, 1.165) is 0 Å². The highest BCUT2D eigenvalue weighted by atomic mass is 35.5. The summed E-state index contributed by atoms with van der Waals surface area (Å²) in [5, 5.41) is 13.8. The van der Waals surface area contributed by atoms with E-state index in [1.54, 1.807) is 31.2 Å². The lowest BCUT2D eigenvalue weighted by atomic mass is 10.3. The van der Waals surface area contributed by atoms with Gasteiger partial charge in [0.25, 0.3) is 0 Å². The molecule has 0 atom stereocenters. The van der Waals surface area contributed by atoms with E-state index in [1.165, 1.54) is 22.7 Å². The highest BCUT2D eigenvalue weighted by molar-refractivity contribution is 6.33. The van der Waals surface area contributed by atoms with Crippen molar-refractivity contribution < 1.29 is 14.5 Å². The van der Waals surface area contributed by atoms with Crippen LogP contribution in [-0.4, -0.2) is 44.8 Å². The molecule has 1 aromatic carbocycles. The zero-order valence-corrected chi connectivity index (χ0v) is 15.1. The molecular weight excluding hydrogens is 362 g/mol. The summed E-state index contributed by atoms with van der Waals surface area (Å²) in [6.45, 7) is 1.73. The average Bonchev–Trinajstić information content (AvgIpc) is 2.96. The Balaban J connectivity index is 1.86. The van der Waals surface area contributed by atoms with Gasteiger partial charge in [-0.25, -0.2) is 0 Å². The molecule has 0 aliphatic carbocycles. The van der Waals surface area contributed by atoms with Crippen molar-refractivity contribution in [1.82, 2.24) is 14.5 Å². The van der Waals surface area contributed by atoms with Gasteiger partial charge in [0.05, 0.1) is 17.3 Å². The lowest BCUT2D eigenvalue weighted by molar-refractivity contribution is -0.389. The van der Waals surface area contributed by atoms with Crippen LogP contribution in [0.3, 0.4) is 0 Å². The highest BCUT2D eigenvalue weighted by Gasteiger charge is 2.18. The maximum atomic E-state index is 12.2. The number of benzene rings is 1. The Bertz CT molecular complexity index is 836. The van der Waals surface area contributed by atoms with Crippen molar-refractivity contribution in [2.75, 3.05) is 18.9 Å². The number of aryl methyl sites for hydroxylation is 2. The predicted molar refractivity (Wildman–Crippen MR) is 96.0 cm³/mol. The summed E-state index contributed by atoms with van der Waals surface area (Å²) in [7, 11) is 1.51. The number of rotatable bonds is 7. The molecule has 0 fully saturated rings. The van der Waals surface area contributed by atoms with Crippen LogP contribution in [0.15, 0.2) is 30.5 Å². The zero-order chi connectivity index (χ0) is 19.3. The number of nitrogens with one attached hydrogen (secondary N) is 1. The van der Waals surface area contributed by atoms with Crippen LogP contribution >= 0.6 is 11.6 Å². The third-order valence-corrected chi connectivity index (χ3v) is 4.00. The topological polar surface area (TPSA) is 110 Å². The highest BCUT2D eigenvalue weighted by Crippen LogP contribution is 2.20. The van der Waals surface area contributed by atoms with Gasteiger partial charge >= 0.3 is 5.82 Å². The number of hydrogen-bond donors (Lipinski definition) is 1. The molecule has 2 rings (SSSR count). The first-order valence-electron chi connectivity index (χ1n) is 7.74. The Labute approximate surface area is 154 Å². The number of aromatic nitrogens is 2. The number of amides is 2. The Morgan fingerprint density at radius 3 is 2.69 bits per heavy atom. The normalized spacial score (nSPS) is 10.4. The van der Waals surface area contributed by atoms with Crippen LogP contribution in [0.2, 0.25) is 5.02 Å². The molecule has 2 amide bonds. The lowest BCUT2D eigenvalue weighted by Gasteiger charge is -2.17.